The van der Waals surface area contributed by atoms with Crippen LogP contribution in [0.3, 0.4) is 0 Å². The molecule has 3 heteroatoms. The Morgan fingerprint density at radius 2 is 1.95 bits per heavy atom. The molecule has 112 valence electrons. The van der Waals surface area contributed by atoms with Gasteiger partial charge in [0.25, 0.3) is 5.56 Å². The van der Waals surface area contributed by atoms with Gasteiger partial charge in [0.1, 0.15) is 0 Å². The van der Waals surface area contributed by atoms with E-state index in [2.05, 4.69) is 39.1 Å². The third kappa shape index (κ3) is 3.51. The van der Waals surface area contributed by atoms with Crippen LogP contribution in [0.2, 0.25) is 0 Å². The van der Waals surface area contributed by atoms with E-state index in [0.717, 1.165) is 31.5 Å². The Kier molecular flexibility index (Phi) is 5.03. The minimum absolute atomic E-state index is 0.218. The Morgan fingerprint density at radius 1 is 1.20 bits per heavy atom. The van der Waals surface area contributed by atoms with Gasteiger partial charge in [-0.05, 0) is 49.3 Å². The maximum Gasteiger partial charge on any atom is 0.255 e. The monoisotopic (exact) mass is 276 g/mol. The first-order valence-electron chi connectivity index (χ1n) is 7.94. The van der Waals surface area contributed by atoms with Gasteiger partial charge in [-0.2, -0.15) is 0 Å². The van der Waals surface area contributed by atoms with Crippen LogP contribution in [0.1, 0.15) is 50.9 Å². The largest absolute Gasteiger partial charge is 0.312 e. The Hall–Kier alpha value is -1.09. The molecule has 0 bridgehead atoms. The van der Waals surface area contributed by atoms with Gasteiger partial charge in [0.05, 0.1) is 0 Å². The highest BCUT2D eigenvalue weighted by Gasteiger charge is 2.19. The predicted octanol–water partition coefficient (Wildman–Crippen LogP) is 2.74. The fourth-order valence-corrected chi connectivity index (χ4v) is 2.96. The zero-order valence-corrected chi connectivity index (χ0v) is 13.3. The third-order valence-electron chi connectivity index (χ3n) is 3.84. The number of fused-ring (bicyclic) bond motifs is 1. The minimum atomic E-state index is 0.218. The Balaban J connectivity index is 2.27. The number of hydrogen-bond acceptors (Lipinski definition) is 2. The summed E-state index contributed by atoms with van der Waals surface area (Å²) >= 11 is 0. The van der Waals surface area contributed by atoms with Crippen molar-refractivity contribution < 1.29 is 0 Å². The number of aromatic nitrogens is 1. The SMILES string of the molecule is CC(C)CNCc1cc2c(n(CC(C)C)c1=O)CCC2. The van der Waals surface area contributed by atoms with Crippen LogP contribution < -0.4 is 10.9 Å². The first kappa shape index (κ1) is 15.3. The van der Waals surface area contributed by atoms with Crippen molar-refractivity contribution >= 4 is 0 Å². The molecule has 0 aliphatic heterocycles. The average molecular weight is 276 g/mol. The van der Waals surface area contributed by atoms with Crippen molar-refractivity contribution in [3.8, 4) is 0 Å². The van der Waals surface area contributed by atoms with Crippen molar-refractivity contribution in [2.75, 3.05) is 6.54 Å². The summed E-state index contributed by atoms with van der Waals surface area (Å²) in [6.07, 6.45) is 3.39. The smallest absolute Gasteiger partial charge is 0.255 e. The molecule has 0 saturated heterocycles. The predicted molar refractivity (Wildman–Crippen MR) is 84.1 cm³/mol. The van der Waals surface area contributed by atoms with Crippen LogP contribution in [0, 0.1) is 11.8 Å². The summed E-state index contributed by atoms with van der Waals surface area (Å²) in [6, 6.07) is 2.15. The van der Waals surface area contributed by atoms with Gasteiger partial charge in [-0.1, -0.05) is 27.7 Å². The van der Waals surface area contributed by atoms with Crippen LogP contribution in [0.15, 0.2) is 10.9 Å². The van der Waals surface area contributed by atoms with Gasteiger partial charge < -0.3 is 9.88 Å². The second kappa shape index (κ2) is 6.57. The first-order valence-corrected chi connectivity index (χ1v) is 7.94. The summed E-state index contributed by atoms with van der Waals surface area (Å²) in [4.78, 5) is 12.7. The van der Waals surface area contributed by atoms with Gasteiger partial charge in [-0.25, -0.2) is 0 Å². The van der Waals surface area contributed by atoms with Crippen LogP contribution in [0.25, 0.3) is 0 Å². The molecule has 1 N–H and O–H groups in total. The second-order valence-corrected chi connectivity index (χ2v) is 6.83. The van der Waals surface area contributed by atoms with Gasteiger partial charge >= 0.3 is 0 Å². The molecule has 0 amide bonds. The number of aryl methyl sites for hydroxylation is 1. The van der Waals surface area contributed by atoms with Crippen LogP contribution in [0.5, 0.6) is 0 Å². The zero-order valence-electron chi connectivity index (χ0n) is 13.3. The molecule has 0 aromatic carbocycles. The van der Waals surface area contributed by atoms with Crippen LogP contribution in [0.4, 0.5) is 0 Å². The first-order chi connectivity index (χ1) is 9.49. The van der Waals surface area contributed by atoms with E-state index in [4.69, 9.17) is 0 Å². The summed E-state index contributed by atoms with van der Waals surface area (Å²) in [5.74, 6) is 1.12. The van der Waals surface area contributed by atoms with Crippen molar-refractivity contribution in [2.24, 2.45) is 11.8 Å². The highest BCUT2D eigenvalue weighted by molar-refractivity contribution is 5.30. The minimum Gasteiger partial charge on any atom is -0.312 e. The van der Waals surface area contributed by atoms with Crippen molar-refractivity contribution in [3.63, 3.8) is 0 Å². The van der Waals surface area contributed by atoms with Gasteiger partial charge in [0.15, 0.2) is 0 Å². The molecule has 0 saturated carbocycles. The van der Waals surface area contributed by atoms with Crippen molar-refractivity contribution in [1.29, 1.82) is 0 Å². The van der Waals surface area contributed by atoms with E-state index in [9.17, 15) is 4.79 Å². The summed E-state index contributed by atoms with van der Waals surface area (Å²) in [6.45, 7) is 11.2. The normalized spacial score (nSPS) is 14.3. The lowest BCUT2D eigenvalue weighted by molar-refractivity contribution is 0.491. The molecule has 0 atom stereocenters. The lowest BCUT2D eigenvalue weighted by Crippen LogP contribution is -2.31. The zero-order chi connectivity index (χ0) is 14.7. The fraction of sp³-hybridized carbons (Fsp3) is 0.706. The number of nitrogens with zero attached hydrogens (tertiary/aromatic N) is 1. The van der Waals surface area contributed by atoms with Gasteiger partial charge in [0.2, 0.25) is 0 Å². The maximum absolute atomic E-state index is 12.7. The molecule has 0 fully saturated rings. The molecule has 1 heterocycles. The summed E-state index contributed by atoms with van der Waals surface area (Å²) in [7, 11) is 0. The topological polar surface area (TPSA) is 34.0 Å². The number of hydrogen-bond donors (Lipinski definition) is 1. The van der Waals surface area contributed by atoms with Crippen LogP contribution >= 0.6 is 0 Å². The third-order valence-corrected chi connectivity index (χ3v) is 3.84. The van der Waals surface area contributed by atoms with Crippen molar-refractivity contribution in [1.82, 2.24) is 9.88 Å². The molecule has 2 rings (SSSR count). The Labute approximate surface area is 122 Å². The summed E-state index contributed by atoms with van der Waals surface area (Å²) in [5, 5.41) is 3.40. The summed E-state index contributed by atoms with van der Waals surface area (Å²) in [5.41, 5.74) is 3.84. The molecule has 1 aromatic rings. The molecule has 0 radical (unpaired) electrons. The fourth-order valence-electron chi connectivity index (χ4n) is 2.96. The standard InChI is InChI=1S/C17H28N2O/c1-12(2)9-18-10-15-8-14-6-5-7-16(14)19(17(15)20)11-13(3)4/h8,12-13,18H,5-7,9-11H2,1-4H3. The molecule has 20 heavy (non-hydrogen) atoms. The maximum atomic E-state index is 12.7. The van der Waals surface area contributed by atoms with Crippen LogP contribution in [-0.2, 0) is 25.9 Å². The highest BCUT2D eigenvalue weighted by atomic mass is 16.1. The quantitative estimate of drug-likeness (QED) is 0.867. The number of rotatable bonds is 6. The van der Waals surface area contributed by atoms with E-state index >= 15 is 0 Å². The van der Waals surface area contributed by atoms with Gasteiger partial charge in [-0.15, -0.1) is 0 Å². The summed E-state index contributed by atoms with van der Waals surface area (Å²) < 4.78 is 2.04. The van der Waals surface area contributed by atoms with E-state index in [1.807, 2.05) is 4.57 Å². The molecule has 1 aromatic heterocycles. The number of nitrogens with one attached hydrogen (secondary N) is 1. The van der Waals surface area contributed by atoms with E-state index in [0.29, 0.717) is 18.4 Å². The lowest BCUT2D eigenvalue weighted by atomic mass is 10.1. The highest BCUT2D eigenvalue weighted by Crippen LogP contribution is 2.22. The van der Waals surface area contributed by atoms with E-state index in [1.54, 1.807) is 0 Å². The lowest BCUT2D eigenvalue weighted by Gasteiger charge is -2.17. The van der Waals surface area contributed by atoms with Crippen LogP contribution in [-0.4, -0.2) is 11.1 Å². The van der Waals surface area contributed by atoms with E-state index in [1.165, 1.54) is 17.7 Å². The van der Waals surface area contributed by atoms with E-state index in [-0.39, 0.29) is 5.56 Å². The molecular weight excluding hydrogens is 248 g/mol. The number of pyridine rings is 1. The van der Waals surface area contributed by atoms with Gasteiger partial charge in [-0.3, -0.25) is 4.79 Å². The van der Waals surface area contributed by atoms with Crippen molar-refractivity contribution in [2.45, 2.75) is 60.0 Å². The molecular formula is C17H28N2O. The molecule has 0 unspecified atom stereocenters. The molecule has 0 spiro atoms. The molecule has 3 nitrogen and oxygen atoms in total. The van der Waals surface area contributed by atoms with E-state index < -0.39 is 0 Å². The average Bonchev–Trinajstić information content (AvgIpc) is 2.81. The Bertz CT molecular complexity index is 514. The second-order valence-electron chi connectivity index (χ2n) is 6.83. The Morgan fingerprint density at radius 3 is 2.60 bits per heavy atom. The molecule has 1 aliphatic carbocycles. The molecule has 1 aliphatic rings. The van der Waals surface area contributed by atoms with Gasteiger partial charge in [0, 0.05) is 24.3 Å². The van der Waals surface area contributed by atoms with Crippen molar-refractivity contribution in [3.05, 3.63) is 33.2 Å².